The molecule has 0 saturated carbocycles. The molecule has 0 saturated heterocycles. The standard InChI is InChI=1S/C15H26O4SSi/c1-16-15-8-6-14(7-9-15)10-12-20-11-5-13-21(17-2,18-3)19-4/h6-9H,5,10-13H2,1-4H3. The number of hydrogen-bond acceptors (Lipinski definition) is 5. The Hall–Kier alpha value is -0.533. The zero-order chi connectivity index (χ0) is 15.6. The summed E-state index contributed by atoms with van der Waals surface area (Å²) in [7, 11) is 4.30. The molecule has 0 aliphatic rings. The van der Waals surface area contributed by atoms with Gasteiger partial charge in [-0.05, 0) is 42.0 Å². The van der Waals surface area contributed by atoms with Gasteiger partial charge < -0.3 is 18.0 Å². The fourth-order valence-corrected chi connectivity index (χ4v) is 4.94. The Morgan fingerprint density at radius 2 is 1.52 bits per heavy atom. The summed E-state index contributed by atoms with van der Waals surface area (Å²) in [6, 6.07) is 9.13. The summed E-state index contributed by atoms with van der Waals surface area (Å²) in [5.41, 5.74) is 1.35. The molecule has 4 nitrogen and oxygen atoms in total. The first-order valence-electron chi connectivity index (χ1n) is 7.06. The van der Waals surface area contributed by atoms with Crippen LogP contribution in [0.5, 0.6) is 5.75 Å². The lowest BCUT2D eigenvalue weighted by Crippen LogP contribution is -2.42. The smallest absolute Gasteiger partial charge is 0.497 e. The van der Waals surface area contributed by atoms with Crippen LogP contribution in [0.4, 0.5) is 0 Å². The van der Waals surface area contributed by atoms with E-state index in [2.05, 4.69) is 12.1 Å². The summed E-state index contributed by atoms with van der Waals surface area (Å²) in [4.78, 5) is 0. The van der Waals surface area contributed by atoms with Gasteiger partial charge in [-0.25, -0.2) is 0 Å². The van der Waals surface area contributed by atoms with Gasteiger partial charge >= 0.3 is 8.80 Å². The Labute approximate surface area is 133 Å². The summed E-state index contributed by atoms with van der Waals surface area (Å²) in [5.74, 6) is 3.13. The highest BCUT2D eigenvalue weighted by molar-refractivity contribution is 7.99. The van der Waals surface area contributed by atoms with E-state index in [1.165, 1.54) is 5.56 Å². The molecule has 0 bridgehead atoms. The van der Waals surface area contributed by atoms with Gasteiger partial charge in [0.05, 0.1) is 7.11 Å². The molecule has 0 radical (unpaired) electrons. The Morgan fingerprint density at radius 1 is 0.905 bits per heavy atom. The molecule has 0 unspecified atom stereocenters. The van der Waals surface area contributed by atoms with Crippen molar-refractivity contribution in [3.8, 4) is 5.75 Å². The van der Waals surface area contributed by atoms with E-state index in [9.17, 15) is 0 Å². The highest BCUT2D eigenvalue weighted by Gasteiger charge is 2.36. The van der Waals surface area contributed by atoms with Crippen molar-refractivity contribution < 1.29 is 18.0 Å². The predicted octanol–water partition coefficient (Wildman–Crippen LogP) is 3.24. The van der Waals surface area contributed by atoms with Gasteiger partial charge in [0.2, 0.25) is 0 Å². The average Bonchev–Trinajstić information content (AvgIpc) is 2.55. The van der Waals surface area contributed by atoms with Crippen molar-refractivity contribution in [2.24, 2.45) is 0 Å². The van der Waals surface area contributed by atoms with E-state index in [0.717, 1.165) is 36.1 Å². The second-order valence-electron chi connectivity index (χ2n) is 4.61. The van der Waals surface area contributed by atoms with Crippen LogP contribution in [0.2, 0.25) is 6.04 Å². The van der Waals surface area contributed by atoms with Crippen LogP contribution in [0.25, 0.3) is 0 Å². The fraction of sp³-hybridized carbons (Fsp3) is 0.600. The fourth-order valence-electron chi connectivity index (χ4n) is 2.03. The lowest BCUT2D eigenvalue weighted by molar-refractivity contribution is 0.123. The van der Waals surface area contributed by atoms with Crippen LogP contribution < -0.4 is 4.74 Å². The van der Waals surface area contributed by atoms with Crippen LogP contribution in [0, 0.1) is 0 Å². The quantitative estimate of drug-likeness (QED) is 0.460. The molecule has 0 N–H and O–H groups in total. The zero-order valence-corrected chi connectivity index (χ0v) is 15.2. The molecule has 0 aromatic heterocycles. The van der Waals surface area contributed by atoms with E-state index in [4.69, 9.17) is 18.0 Å². The summed E-state index contributed by atoms with van der Waals surface area (Å²) >= 11 is 1.95. The lowest BCUT2D eigenvalue weighted by Gasteiger charge is -2.24. The third-order valence-electron chi connectivity index (χ3n) is 3.40. The minimum absolute atomic E-state index is 0.867. The Bertz CT molecular complexity index is 374. The third kappa shape index (κ3) is 6.40. The number of methoxy groups -OCH3 is 1. The Balaban J connectivity index is 2.16. The maximum atomic E-state index is 5.41. The summed E-state index contributed by atoms with van der Waals surface area (Å²) in [6.45, 7) is 0. The van der Waals surface area contributed by atoms with Crippen LogP contribution in [0.15, 0.2) is 24.3 Å². The predicted molar refractivity (Wildman–Crippen MR) is 90.2 cm³/mol. The van der Waals surface area contributed by atoms with Gasteiger partial charge in [-0.15, -0.1) is 0 Å². The molecule has 0 heterocycles. The number of hydrogen-bond donors (Lipinski definition) is 0. The summed E-state index contributed by atoms with van der Waals surface area (Å²) in [5, 5.41) is 0. The minimum Gasteiger partial charge on any atom is -0.497 e. The van der Waals surface area contributed by atoms with Crippen molar-refractivity contribution in [3.63, 3.8) is 0 Å². The molecule has 21 heavy (non-hydrogen) atoms. The van der Waals surface area contributed by atoms with Crippen LogP contribution in [0.3, 0.4) is 0 Å². The van der Waals surface area contributed by atoms with E-state index in [-0.39, 0.29) is 0 Å². The SMILES string of the molecule is COc1ccc(CCSCCC[Si](OC)(OC)OC)cc1. The van der Waals surface area contributed by atoms with Crippen LogP contribution in [-0.4, -0.2) is 48.7 Å². The molecule has 1 aromatic carbocycles. The average molecular weight is 331 g/mol. The second-order valence-corrected chi connectivity index (χ2v) is 8.92. The molecule has 1 rings (SSSR count). The van der Waals surface area contributed by atoms with Gasteiger partial charge in [0, 0.05) is 27.4 Å². The van der Waals surface area contributed by atoms with E-state index < -0.39 is 8.80 Å². The van der Waals surface area contributed by atoms with Crippen molar-refractivity contribution in [1.82, 2.24) is 0 Å². The van der Waals surface area contributed by atoms with Gasteiger partial charge in [-0.2, -0.15) is 11.8 Å². The van der Waals surface area contributed by atoms with E-state index in [0.29, 0.717) is 0 Å². The monoisotopic (exact) mass is 330 g/mol. The highest BCUT2D eigenvalue weighted by Crippen LogP contribution is 2.18. The van der Waals surface area contributed by atoms with Crippen molar-refractivity contribution >= 4 is 20.6 Å². The third-order valence-corrected chi connectivity index (χ3v) is 7.30. The zero-order valence-electron chi connectivity index (χ0n) is 13.4. The topological polar surface area (TPSA) is 36.9 Å². The molecular weight excluding hydrogens is 304 g/mol. The number of ether oxygens (including phenoxy) is 1. The largest absolute Gasteiger partial charge is 0.500 e. The molecule has 6 heteroatoms. The van der Waals surface area contributed by atoms with Crippen molar-refractivity contribution in [2.75, 3.05) is 39.9 Å². The Kier molecular flexibility index (Phi) is 9.03. The van der Waals surface area contributed by atoms with E-state index in [1.807, 2.05) is 23.9 Å². The summed E-state index contributed by atoms with van der Waals surface area (Å²) in [6.07, 6.45) is 2.13. The second kappa shape index (κ2) is 10.2. The maximum Gasteiger partial charge on any atom is 0.500 e. The molecule has 0 aliphatic carbocycles. The first kappa shape index (κ1) is 18.5. The van der Waals surface area contributed by atoms with Crippen molar-refractivity contribution in [3.05, 3.63) is 29.8 Å². The molecule has 0 aliphatic heterocycles. The molecule has 0 amide bonds. The number of thioether (sulfide) groups is 1. The number of rotatable bonds is 11. The van der Waals surface area contributed by atoms with Gasteiger partial charge in [0.25, 0.3) is 0 Å². The normalized spacial score (nSPS) is 11.6. The Morgan fingerprint density at radius 3 is 2.05 bits per heavy atom. The van der Waals surface area contributed by atoms with Crippen LogP contribution in [0.1, 0.15) is 12.0 Å². The number of aryl methyl sites for hydroxylation is 1. The van der Waals surface area contributed by atoms with Gasteiger partial charge in [-0.3, -0.25) is 0 Å². The van der Waals surface area contributed by atoms with E-state index >= 15 is 0 Å². The highest BCUT2D eigenvalue weighted by atomic mass is 32.2. The van der Waals surface area contributed by atoms with Crippen molar-refractivity contribution in [2.45, 2.75) is 18.9 Å². The van der Waals surface area contributed by atoms with Crippen LogP contribution in [-0.2, 0) is 19.7 Å². The molecule has 120 valence electrons. The molecule has 1 aromatic rings. The first-order valence-corrected chi connectivity index (χ1v) is 10.1. The van der Waals surface area contributed by atoms with Crippen LogP contribution >= 0.6 is 11.8 Å². The van der Waals surface area contributed by atoms with Gasteiger partial charge in [-0.1, -0.05) is 12.1 Å². The maximum absolute atomic E-state index is 5.41. The first-order chi connectivity index (χ1) is 10.2. The minimum atomic E-state index is -2.38. The molecule has 0 atom stereocenters. The summed E-state index contributed by atoms with van der Waals surface area (Å²) < 4.78 is 21.4. The molecule has 0 spiro atoms. The molecular formula is C15H26O4SSi. The van der Waals surface area contributed by atoms with E-state index in [1.54, 1.807) is 28.4 Å². The van der Waals surface area contributed by atoms with Crippen molar-refractivity contribution in [1.29, 1.82) is 0 Å². The van der Waals surface area contributed by atoms with Gasteiger partial charge in [0.1, 0.15) is 5.75 Å². The number of benzene rings is 1. The molecule has 0 fully saturated rings. The lowest BCUT2D eigenvalue weighted by atomic mass is 10.2. The van der Waals surface area contributed by atoms with Gasteiger partial charge in [0.15, 0.2) is 0 Å².